The second-order valence-electron chi connectivity index (χ2n) is 4.08. The van der Waals surface area contributed by atoms with Crippen LogP contribution in [0.4, 0.5) is 5.69 Å². The van der Waals surface area contributed by atoms with E-state index in [1.807, 2.05) is 51.1 Å². The maximum Gasteiger partial charge on any atom is 0.0889 e. The number of hydroxylamine groups is 1. The van der Waals surface area contributed by atoms with E-state index in [1.54, 1.807) is 0 Å². The van der Waals surface area contributed by atoms with Gasteiger partial charge in [-0.05, 0) is 32.9 Å². The molecule has 0 aromatic heterocycles. The molecule has 1 rings (SSSR count). The quantitative estimate of drug-likeness (QED) is 0.438. The van der Waals surface area contributed by atoms with Gasteiger partial charge in [0.25, 0.3) is 0 Å². The first-order valence-electron chi connectivity index (χ1n) is 4.78. The first-order chi connectivity index (χ1) is 6.58. The molecule has 0 aliphatic carbocycles. The Morgan fingerprint density at radius 1 is 1.14 bits per heavy atom. The predicted molar refractivity (Wildman–Crippen MR) is 58.9 cm³/mol. The highest BCUT2D eigenvalue weighted by atomic mass is 16.7. The van der Waals surface area contributed by atoms with Gasteiger partial charge in [0.1, 0.15) is 0 Å². The second-order valence-corrected chi connectivity index (χ2v) is 4.08. The minimum atomic E-state index is -0.154. The molecule has 78 valence electrons. The number of rotatable bonds is 4. The van der Waals surface area contributed by atoms with Gasteiger partial charge in [-0.3, -0.25) is 4.84 Å². The standard InChI is InChI=1S/C11H18N2O/c1-11(2,3)14-13-9-12-10-7-5-4-6-8-10/h4-8,12-13H,9H2,1-3H3. The molecule has 0 spiro atoms. The van der Waals surface area contributed by atoms with Crippen LogP contribution in [0.2, 0.25) is 0 Å². The van der Waals surface area contributed by atoms with Crippen molar-refractivity contribution >= 4 is 5.69 Å². The number of hydrogen-bond donors (Lipinski definition) is 2. The SMILES string of the molecule is CC(C)(C)ONCNc1ccccc1. The molecule has 3 nitrogen and oxygen atoms in total. The molecule has 0 bridgehead atoms. The zero-order chi connectivity index (χ0) is 10.4. The predicted octanol–water partition coefficient (Wildman–Crippen LogP) is 2.38. The highest BCUT2D eigenvalue weighted by Gasteiger charge is 2.08. The van der Waals surface area contributed by atoms with Crippen LogP contribution in [0, 0.1) is 0 Å². The minimum Gasteiger partial charge on any atom is -0.371 e. The third-order valence-electron chi connectivity index (χ3n) is 1.52. The third kappa shape index (κ3) is 4.84. The normalized spacial score (nSPS) is 11.4. The molecule has 0 saturated heterocycles. The van der Waals surface area contributed by atoms with Crippen molar-refractivity contribution in [1.29, 1.82) is 0 Å². The summed E-state index contributed by atoms with van der Waals surface area (Å²) in [6.45, 7) is 6.61. The van der Waals surface area contributed by atoms with Crippen molar-refractivity contribution in [1.82, 2.24) is 5.48 Å². The van der Waals surface area contributed by atoms with Crippen molar-refractivity contribution in [3.8, 4) is 0 Å². The molecular formula is C11H18N2O. The fraction of sp³-hybridized carbons (Fsp3) is 0.455. The maximum atomic E-state index is 5.34. The molecule has 0 atom stereocenters. The molecule has 2 N–H and O–H groups in total. The summed E-state index contributed by atoms with van der Waals surface area (Å²) in [5.41, 5.74) is 3.79. The third-order valence-corrected chi connectivity index (χ3v) is 1.52. The lowest BCUT2D eigenvalue weighted by Gasteiger charge is -2.19. The Morgan fingerprint density at radius 2 is 1.79 bits per heavy atom. The van der Waals surface area contributed by atoms with Gasteiger partial charge in [-0.25, -0.2) is 0 Å². The van der Waals surface area contributed by atoms with E-state index in [2.05, 4.69) is 10.8 Å². The van der Waals surface area contributed by atoms with Crippen molar-refractivity contribution in [3.63, 3.8) is 0 Å². The van der Waals surface area contributed by atoms with Crippen LogP contribution in [0.3, 0.4) is 0 Å². The van der Waals surface area contributed by atoms with E-state index < -0.39 is 0 Å². The van der Waals surface area contributed by atoms with Gasteiger partial charge in [-0.15, -0.1) is 0 Å². The first kappa shape index (κ1) is 11.0. The number of anilines is 1. The van der Waals surface area contributed by atoms with Crippen LogP contribution in [0.25, 0.3) is 0 Å². The zero-order valence-corrected chi connectivity index (χ0v) is 9.00. The fourth-order valence-corrected chi connectivity index (χ4v) is 0.947. The van der Waals surface area contributed by atoms with Crippen LogP contribution in [0.15, 0.2) is 30.3 Å². The number of nitrogens with one attached hydrogen (secondary N) is 2. The van der Waals surface area contributed by atoms with Crippen molar-refractivity contribution in [3.05, 3.63) is 30.3 Å². The molecule has 0 heterocycles. The van der Waals surface area contributed by atoms with Gasteiger partial charge in [0.15, 0.2) is 0 Å². The molecule has 0 radical (unpaired) electrons. The van der Waals surface area contributed by atoms with Crippen LogP contribution >= 0.6 is 0 Å². The van der Waals surface area contributed by atoms with Crippen molar-refractivity contribution in [2.24, 2.45) is 0 Å². The summed E-state index contributed by atoms with van der Waals surface area (Å²) in [6, 6.07) is 10.0. The Balaban J connectivity index is 2.17. The molecule has 0 aliphatic rings. The Labute approximate surface area is 85.4 Å². The van der Waals surface area contributed by atoms with Gasteiger partial charge < -0.3 is 5.32 Å². The molecule has 14 heavy (non-hydrogen) atoms. The van der Waals surface area contributed by atoms with Gasteiger partial charge in [0, 0.05) is 5.69 Å². The number of hydrogen-bond acceptors (Lipinski definition) is 3. The highest BCUT2D eigenvalue weighted by Crippen LogP contribution is 2.05. The molecule has 1 aromatic carbocycles. The topological polar surface area (TPSA) is 33.3 Å². The number of benzene rings is 1. The molecule has 0 amide bonds. The van der Waals surface area contributed by atoms with Crippen LogP contribution in [0.1, 0.15) is 20.8 Å². The van der Waals surface area contributed by atoms with Crippen molar-refractivity contribution < 1.29 is 4.84 Å². The van der Waals surface area contributed by atoms with Gasteiger partial charge >= 0.3 is 0 Å². The average molecular weight is 194 g/mol. The molecule has 1 aromatic rings. The number of para-hydroxylation sites is 1. The van der Waals surface area contributed by atoms with E-state index in [0.717, 1.165) is 5.69 Å². The smallest absolute Gasteiger partial charge is 0.0889 e. The highest BCUT2D eigenvalue weighted by molar-refractivity contribution is 5.41. The molecule has 0 saturated carbocycles. The summed E-state index contributed by atoms with van der Waals surface area (Å²) in [5.74, 6) is 0. The van der Waals surface area contributed by atoms with E-state index in [4.69, 9.17) is 4.84 Å². The Hall–Kier alpha value is -1.06. The summed E-state index contributed by atoms with van der Waals surface area (Å²) >= 11 is 0. The lowest BCUT2D eigenvalue weighted by molar-refractivity contribution is -0.0693. The van der Waals surface area contributed by atoms with Gasteiger partial charge in [-0.2, -0.15) is 5.48 Å². The molecular weight excluding hydrogens is 176 g/mol. The largest absolute Gasteiger partial charge is 0.371 e. The Bertz CT molecular complexity index is 254. The van der Waals surface area contributed by atoms with Crippen LogP contribution in [-0.2, 0) is 4.84 Å². The van der Waals surface area contributed by atoms with E-state index in [0.29, 0.717) is 6.67 Å². The van der Waals surface area contributed by atoms with Gasteiger partial charge in [0.2, 0.25) is 0 Å². The monoisotopic (exact) mass is 194 g/mol. The van der Waals surface area contributed by atoms with Crippen molar-refractivity contribution in [2.75, 3.05) is 12.0 Å². The zero-order valence-electron chi connectivity index (χ0n) is 9.00. The summed E-state index contributed by atoms with van der Waals surface area (Å²) in [7, 11) is 0. The maximum absolute atomic E-state index is 5.34. The lowest BCUT2D eigenvalue weighted by atomic mass is 10.2. The van der Waals surface area contributed by atoms with Crippen molar-refractivity contribution in [2.45, 2.75) is 26.4 Å². The summed E-state index contributed by atoms with van der Waals surface area (Å²) in [4.78, 5) is 5.34. The second kappa shape index (κ2) is 4.98. The van der Waals surface area contributed by atoms with Crippen LogP contribution in [-0.4, -0.2) is 12.3 Å². The molecule has 0 fully saturated rings. The van der Waals surface area contributed by atoms with E-state index in [-0.39, 0.29) is 5.60 Å². The summed E-state index contributed by atoms with van der Waals surface area (Å²) < 4.78 is 0. The minimum absolute atomic E-state index is 0.154. The molecule has 0 unspecified atom stereocenters. The lowest BCUT2D eigenvalue weighted by Crippen LogP contribution is -2.32. The van der Waals surface area contributed by atoms with E-state index >= 15 is 0 Å². The molecule has 0 aliphatic heterocycles. The van der Waals surface area contributed by atoms with Gasteiger partial charge in [0.05, 0.1) is 12.3 Å². The Morgan fingerprint density at radius 3 is 2.36 bits per heavy atom. The summed E-state index contributed by atoms with van der Waals surface area (Å²) in [5, 5.41) is 3.18. The average Bonchev–Trinajstić information content (AvgIpc) is 2.13. The Kier molecular flexibility index (Phi) is 3.92. The fourth-order valence-electron chi connectivity index (χ4n) is 0.947. The van der Waals surface area contributed by atoms with Gasteiger partial charge in [-0.1, -0.05) is 18.2 Å². The molecule has 3 heteroatoms. The van der Waals surface area contributed by atoms with E-state index in [1.165, 1.54) is 0 Å². The first-order valence-corrected chi connectivity index (χ1v) is 4.78. The van der Waals surface area contributed by atoms with Crippen LogP contribution in [0.5, 0.6) is 0 Å². The summed E-state index contributed by atoms with van der Waals surface area (Å²) in [6.07, 6.45) is 0. The van der Waals surface area contributed by atoms with Crippen LogP contribution < -0.4 is 10.8 Å². The van der Waals surface area contributed by atoms with E-state index in [9.17, 15) is 0 Å².